The molecule has 1 saturated heterocycles. The van der Waals surface area contributed by atoms with E-state index in [4.69, 9.17) is 15.2 Å². The third-order valence-corrected chi connectivity index (χ3v) is 4.32. The van der Waals surface area contributed by atoms with Crippen molar-refractivity contribution in [3.05, 3.63) is 58.1 Å². The van der Waals surface area contributed by atoms with Crippen molar-refractivity contribution in [3.8, 4) is 0 Å². The highest BCUT2D eigenvalue weighted by Gasteiger charge is 2.17. The fourth-order valence-electron chi connectivity index (χ4n) is 2.82. The first-order chi connectivity index (χ1) is 13.9. The molecule has 0 aromatic heterocycles. The van der Waals surface area contributed by atoms with Gasteiger partial charge in [-0.2, -0.15) is 0 Å². The molecule has 0 bridgehead atoms. The number of hydrogen-bond acceptors (Lipinski definition) is 8. The van der Waals surface area contributed by atoms with Gasteiger partial charge in [-0.15, -0.1) is 0 Å². The summed E-state index contributed by atoms with van der Waals surface area (Å²) in [7, 11) is 0. The largest absolute Gasteiger partial charge is 0.452 e. The highest BCUT2D eigenvalue weighted by molar-refractivity contribution is 5.96. The fraction of sp³-hybridized carbons (Fsp3) is 0.263. The predicted molar refractivity (Wildman–Crippen MR) is 106 cm³/mol. The maximum absolute atomic E-state index is 12.0. The Kier molecular flexibility index (Phi) is 6.25. The summed E-state index contributed by atoms with van der Waals surface area (Å²) >= 11 is 0. The van der Waals surface area contributed by atoms with E-state index in [0.29, 0.717) is 18.9 Å². The number of nitrogen functional groups attached to an aromatic ring is 1. The van der Waals surface area contributed by atoms with Crippen LogP contribution in [0.25, 0.3) is 0 Å². The van der Waals surface area contributed by atoms with Crippen LogP contribution in [0, 0.1) is 10.1 Å². The number of nitro groups is 1. The van der Waals surface area contributed by atoms with Crippen molar-refractivity contribution in [2.24, 2.45) is 0 Å². The Hall–Kier alpha value is -3.66. The maximum Gasteiger partial charge on any atom is 0.338 e. The minimum absolute atomic E-state index is 0.0615. The number of esters is 1. The number of anilines is 3. The minimum atomic E-state index is -0.856. The molecule has 1 amide bonds. The van der Waals surface area contributed by atoms with Gasteiger partial charge in [-0.25, -0.2) is 4.79 Å². The van der Waals surface area contributed by atoms with E-state index in [1.54, 1.807) is 12.1 Å². The van der Waals surface area contributed by atoms with Crippen molar-refractivity contribution in [2.45, 2.75) is 0 Å². The van der Waals surface area contributed by atoms with Crippen LogP contribution in [0.5, 0.6) is 0 Å². The summed E-state index contributed by atoms with van der Waals surface area (Å²) in [6.07, 6.45) is 0. The molecule has 1 aliphatic heterocycles. The Balaban J connectivity index is 1.52. The van der Waals surface area contributed by atoms with Crippen LogP contribution in [-0.4, -0.2) is 49.7 Å². The van der Waals surface area contributed by atoms with E-state index in [-0.39, 0.29) is 11.3 Å². The molecular weight excluding hydrogens is 380 g/mol. The number of nitro benzene ring substituents is 1. The number of amides is 1. The quantitative estimate of drug-likeness (QED) is 0.324. The number of carbonyl (C=O) groups excluding carboxylic acids is 2. The molecule has 0 unspecified atom stereocenters. The maximum atomic E-state index is 12.0. The summed E-state index contributed by atoms with van der Waals surface area (Å²) in [4.78, 5) is 36.4. The number of rotatable bonds is 6. The van der Waals surface area contributed by atoms with E-state index in [1.807, 2.05) is 12.1 Å². The second-order valence-corrected chi connectivity index (χ2v) is 6.30. The zero-order valence-electron chi connectivity index (χ0n) is 15.5. The van der Waals surface area contributed by atoms with Gasteiger partial charge in [-0.05, 0) is 36.4 Å². The van der Waals surface area contributed by atoms with Crippen molar-refractivity contribution >= 4 is 34.6 Å². The van der Waals surface area contributed by atoms with Gasteiger partial charge >= 0.3 is 5.97 Å². The number of morpholine rings is 1. The summed E-state index contributed by atoms with van der Waals surface area (Å²) in [6, 6.07) is 10.8. The molecular formula is C19H20N4O6. The Bertz CT molecular complexity index is 909. The fourth-order valence-corrected chi connectivity index (χ4v) is 2.82. The van der Waals surface area contributed by atoms with E-state index >= 15 is 0 Å². The third-order valence-electron chi connectivity index (χ3n) is 4.32. The topological polar surface area (TPSA) is 137 Å². The Morgan fingerprint density at radius 1 is 1.17 bits per heavy atom. The standard InChI is InChI=1S/C19H20N4O6/c20-16-6-1-13(11-17(16)23(26)27)19(25)29-12-18(24)21-14-2-4-15(5-3-14)22-7-9-28-10-8-22/h1-6,11H,7-10,12,20H2,(H,21,24). The molecule has 3 rings (SSSR count). The summed E-state index contributed by atoms with van der Waals surface area (Å²) in [5, 5.41) is 13.5. The lowest BCUT2D eigenvalue weighted by atomic mass is 10.2. The molecule has 0 radical (unpaired) electrons. The molecule has 1 heterocycles. The monoisotopic (exact) mass is 400 g/mol. The van der Waals surface area contributed by atoms with Crippen LogP contribution < -0.4 is 16.0 Å². The van der Waals surface area contributed by atoms with E-state index in [1.165, 1.54) is 12.1 Å². The van der Waals surface area contributed by atoms with E-state index in [2.05, 4.69) is 10.2 Å². The number of nitrogens with two attached hydrogens (primary N) is 1. The van der Waals surface area contributed by atoms with E-state index in [9.17, 15) is 19.7 Å². The molecule has 1 fully saturated rings. The molecule has 0 spiro atoms. The lowest BCUT2D eigenvalue weighted by Gasteiger charge is -2.28. The summed E-state index contributed by atoms with van der Waals surface area (Å²) in [5.41, 5.74) is 6.56. The summed E-state index contributed by atoms with van der Waals surface area (Å²) in [5.74, 6) is -1.38. The number of carbonyl (C=O) groups is 2. The second-order valence-electron chi connectivity index (χ2n) is 6.30. The first-order valence-electron chi connectivity index (χ1n) is 8.87. The molecule has 0 aliphatic carbocycles. The summed E-state index contributed by atoms with van der Waals surface area (Å²) in [6.45, 7) is 2.46. The first-order valence-corrected chi connectivity index (χ1v) is 8.87. The molecule has 2 aromatic carbocycles. The smallest absolute Gasteiger partial charge is 0.338 e. The van der Waals surface area contributed by atoms with Crippen LogP contribution in [0.15, 0.2) is 42.5 Å². The lowest BCUT2D eigenvalue weighted by molar-refractivity contribution is -0.383. The van der Waals surface area contributed by atoms with Gasteiger partial charge in [0.2, 0.25) is 0 Å². The van der Waals surface area contributed by atoms with Crippen molar-refractivity contribution < 1.29 is 24.0 Å². The molecule has 1 aliphatic rings. The number of ether oxygens (including phenoxy) is 2. The predicted octanol–water partition coefficient (Wildman–Crippen LogP) is 1.81. The number of nitrogens with zero attached hydrogens (tertiary/aromatic N) is 2. The Morgan fingerprint density at radius 2 is 1.86 bits per heavy atom. The summed E-state index contributed by atoms with van der Waals surface area (Å²) < 4.78 is 10.2. The number of benzene rings is 2. The Labute approximate surface area is 166 Å². The zero-order valence-corrected chi connectivity index (χ0v) is 15.5. The number of hydrogen-bond donors (Lipinski definition) is 2. The van der Waals surface area contributed by atoms with Gasteiger partial charge in [0.1, 0.15) is 5.69 Å². The second kappa shape index (κ2) is 9.02. The van der Waals surface area contributed by atoms with Gasteiger partial charge in [-0.1, -0.05) is 0 Å². The van der Waals surface area contributed by atoms with Crippen LogP contribution in [0.3, 0.4) is 0 Å². The molecule has 0 saturated carbocycles. The number of nitrogens with one attached hydrogen (secondary N) is 1. The van der Waals surface area contributed by atoms with Crippen molar-refractivity contribution in [1.29, 1.82) is 0 Å². The SMILES string of the molecule is Nc1ccc(C(=O)OCC(=O)Nc2ccc(N3CCOCC3)cc2)cc1[N+](=O)[O-]. The van der Waals surface area contributed by atoms with Crippen LogP contribution in [0.1, 0.15) is 10.4 Å². The van der Waals surface area contributed by atoms with Gasteiger partial charge in [0, 0.05) is 30.5 Å². The normalized spacial score (nSPS) is 13.6. The van der Waals surface area contributed by atoms with Crippen LogP contribution in [0.2, 0.25) is 0 Å². The first kappa shape index (κ1) is 20.1. The molecule has 3 N–H and O–H groups in total. The van der Waals surface area contributed by atoms with Crippen molar-refractivity contribution in [3.63, 3.8) is 0 Å². The minimum Gasteiger partial charge on any atom is -0.452 e. The zero-order chi connectivity index (χ0) is 20.8. The molecule has 152 valence electrons. The van der Waals surface area contributed by atoms with Gasteiger partial charge in [0.05, 0.1) is 23.7 Å². The third kappa shape index (κ3) is 5.20. The van der Waals surface area contributed by atoms with Gasteiger partial charge < -0.3 is 25.4 Å². The van der Waals surface area contributed by atoms with Crippen LogP contribution in [-0.2, 0) is 14.3 Å². The van der Waals surface area contributed by atoms with Gasteiger partial charge in [0.25, 0.3) is 11.6 Å². The van der Waals surface area contributed by atoms with Gasteiger partial charge in [0.15, 0.2) is 6.61 Å². The van der Waals surface area contributed by atoms with E-state index < -0.39 is 29.1 Å². The average molecular weight is 400 g/mol. The van der Waals surface area contributed by atoms with Crippen molar-refractivity contribution in [1.82, 2.24) is 0 Å². The van der Waals surface area contributed by atoms with Gasteiger partial charge in [-0.3, -0.25) is 14.9 Å². The lowest BCUT2D eigenvalue weighted by Crippen LogP contribution is -2.36. The molecule has 0 atom stereocenters. The van der Waals surface area contributed by atoms with Crippen LogP contribution >= 0.6 is 0 Å². The molecule has 10 heteroatoms. The van der Waals surface area contributed by atoms with Crippen molar-refractivity contribution in [2.75, 3.05) is 48.9 Å². The molecule has 10 nitrogen and oxygen atoms in total. The molecule has 2 aromatic rings. The van der Waals surface area contributed by atoms with E-state index in [0.717, 1.165) is 24.8 Å². The average Bonchev–Trinajstić information content (AvgIpc) is 2.73. The highest BCUT2D eigenvalue weighted by Crippen LogP contribution is 2.23. The molecule has 29 heavy (non-hydrogen) atoms. The Morgan fingerprint density at radius 3 is 2.52 bits per heavy atom. The van der Waals surface area contributed by atoms with Crippen LogP contribution in [0.4, 0.5) is 22.7 Å². The highest BCUT2D eigenvalue weighted by atomic mass is 16.6.